The summed E-state index contributed by atoms with van der Waals surface area (Å²) >= 11 is 6.10. The van der Waals surface area contributed by atoms with Crippen LogP contribution in [0.1, 0.15) is 16.8 Å². The fourth-order valence-electron chi connectivity index (χ4n) is 3.51. The summed E-state index contributed by atoms with van der Waals surface area (Å²) in [5.74, 6) is 0.892. The molecule has 0 aromatic heterocycles. The van der Waals surface area contributed by atoms with Crippen LogP contribution in [0.2, 0.25) is 5.02 Å². The van der Waals surface area contributed by atoms with Crippen molar-refractivity contribution in [1.29, 1.82) is 0 Å². The molecule has 1 aromatic carbocycles. The van der Waals surface area contributed by atoms with Gasteiger partial charge in [-0.3, -0.25) is 4.79 Å². The van der Waals surface area contributed by atoms with Gasteiger partial charge in [0.05, 0.1) is 13.7 Å². The summed E-state index contributed by atoms with van der Waals surface area (Å²) in [5.41, 5.74) is 0.513. The molecule has 1 aliphatic rings. The number of nitrogens with zero attached hydrogens (tertiary/aromatic N) is 2. The molecule has 0 radical (unpaired) electrons. The number of likely N-dealkylation sites (N-methyl/N-ethyl adjacent to an activating group) is 1. The highest BCUT2D eigenvalue weighted by molar-refractivity contribution is 6.31. The number of halogens is 1. The lowest BCUT2D eigenvalue weighted by Gasteiger charge is -2.38. The van der Waals surface area contributed by atoms with E-state index in [0.717, 1.165) is 19.5 Å². The molecule has 1 saturated heterocycles. The predicted octanol–water partition coefficient (Wildman–Crippen LogP) is 2.00. The fourth-order valence-corrected chi connectivity index (χ4v) is 3.74. The fraction of sp³-hybridized carbons (Fsp3) is 0.632. The summed E-state index contributed by atoms with van der Waals surface area (Å²) in [5, 5.41) is 10.1. The minimum Gasteiger partial charge on any atom is -0.497 e. The van der Waals surface area contributed by atoms with Crippen LogP contribution in [-0.2, 0) is 4.74 Å². The number of benzene rings is 1. The molecule has 26 heavy (non-hydrogen) atoms. The van der Waals surface area contributed by atoms with Crippen LogP contribution < -0.4 is 4.74 Å². The molecule has 0 aliphatic carbocycles. The Labute approximate surface area is 160 Å². The molecular formula is C19H29ClN2O4. The van der Waals surface area contributed by atoms with Crippen molar-refractivity contribution in [1.82, 2.24) is 9.80 Å². The van der Waals surface area contributed by atoms with Crippen molar-refractivity contribution in [3.05, 3.63) is 28.8 Å². The van der Waals surface area contributed by atoms with Gasteiger partial charge >= 0.3 is 0 Å². The van der Waals surface area contributed by atoms with E-state index < -0.39 is 0 Å². The number of likely N-dealkylation sites (tertiary alicyclic amines) is 1. The summed E-state index contributed by atoms with van der Waals surface area (Å²) in [4.78, 5) is 17.0. The van der Waals surface area contributed by atoms with Gasteiger partial charge in [-0.1, -0.05) is 11.6 Å². The normalized spacial score (nSPS) is 20.5. The smallest absolute Gasteiger partial charge is 0.254 e. The highest BCUT2D eigenvalue weighted by atomic mass is 35.5. The van der Waals surface area contributed by atoms with E-state index in [2.05, 4.69) is 11.9 Å². The maximum Gasteiger partial charge on any atom is 0.254 e. The number of ether oxygens (including phenoxy) is 2. The molecule has 2 atom stereocenters. The van der Waals surface area contributed by atoms with Crippen LogP contribution in [0.25, 0.3) is 0 Å². The minimum absolute atomic E-state index is 0.0755. The molecule has 6 nitrogen and oxygen atoms in total. The average molecular weight is 385 g/mol. The Morgan fingerprint density at radius 1 is 1.31 bits per heavy atom. The van der Waals surface area contributed by atoms with E-state index in [9.17, 15) is 9.90 Å². The van der Waals surface area contributed by atoms with Gasteiger partial charge in [-0.25, -0.2) is 0 Å². The second kappa shape index (κ2) is 10.1. The van der Waals surface area contributed by atoms with E-state index in [1.54, 1.807) is 32.4 Å². The van der Waals surface area contributed by atoms with Gasteiger partial charge in [-0.2, -0.15) is 0 Å². The molecule has 1 aliphatic heterocycles. The van der Waals surface area contributed by atoms with Gasteiger partial charge in [0, 0.05) is 50.5 Å². The van der Waals surface area contributed by atoms with Crippen molar-refractivity contribution in [2.75, 3.05) is 60.7 Å². The molecule has 146 valence electrons. The molecule has 1 aromatic rings. The Hall–Kier alpha value is -1.34. The second-order valence-electron chi connectivity index (χ2n) is 7.00. The van der Waals surface area contributed by atoms with E-state index in [1.807, 2.05) is 4.90 Å². The minimum atomic E-state index is -0.0755. The number of carbonyl (C=O) groups is 1. The topological polar surface area (TPSA) is 62.2 Å². The monoisotopic (exact) mass is 384 g/mol. The molecule has 1 fully saturated rings. The molecule has 1 amide bonds. The van der Waals surface area contributed by atoms with Gasteiger partial charge in [0.1, 0.15) is 5.75 Å². The summed E-state index contributed by atoms with van der Waals surface area (Å²) in [6.45, 7) is 3.70. The van der Waals surface area contributed by atoms with Crippen molar-refractivity contribution in [3.8, 4) is 5.75 Å². The molecule has 2 rings (SSSR count). The van der Waals surface area contributed by atoms with Crippen molar-refractivity contribution >= 4 is 17.5 Å². The van der Waals surface area contributed by atoms with Crippen molar-refractivity contribution in [2.45, 2.75) is 6.42 Å². The van der Waals surface area contributed by atoms with Crippen molar-refractivity contribution in [2.24, 2.45) is 11.8 Å². The zero-order chi connectivity index (χ0) is 19.1. The van der Waals surface area contributed by atoms with Crippen LogP contribution in [0.4, 0.5) is 0 Å². The number of rotatable bonds is 8. The molecule has 7 heteroatoms. The third kappa shape index (κ3) is 5.84. The van der Waals surface area contributed by atoms with Crippen LogP contribution in [0.15, 0.2) is 18.2 Å². The number of aliphatic hydroxyl groups is 1. The standard InChI is InChI=1S/C19H29ClN2O4/c1-21(4-5-25-2)10-14-6-15(13-23)12-22(11-14)19(24)16-7-17(20)9-18(8-16)26-3/h7-9,14-15,23H,4-6,10-13H2,1-3H3/t14-,15+/m0/s1. The van der Waals surface area contributed by atoms with E-state index in [-0.39, 0.29) is 18.4 Å². The molecule has 0 unspecified atom stereocenters. The first-order chi connectivity index (χ1) is 12.5. The van der Waals surface area contributed by atoms with Gasteiger partial charge in [0.2, 0.25) is 0 Å². The van der Waals surface area contributed by atoms with Crippen LogP contribution in [-0.4, -0.2) is 81.5 Å². The number of piperidine rings is 1. The first-order valence-electron chi connectivity index (χ1n) is 8.89. The SMILES string of the molecule is COCCN(C)C[C@@H]1C[C@@H](CO)CN(C(=O)c2cc(Cl)cc(OC)c2)C1. The van der Waals surface area contributed by atoms with E-state index in [1.165, 1.54) is 0 Å². The Balaban J connectivity index is 2.09. The Morgan fingerprint density at radius 2 is 2.04 bits per heavy atom. The molecule has 0 bridgehead atoms. The molecule has 1 heterocycles. The lowest BCUT2D eigenvalue weighted by molar-refractivity contribution is 0.0450. The number of hydrogen-bond donors (Lipinski definition) is 1. The first kappa shape index (κ1) is 21.0. The highest BCUT2D eigenvalue weighted by Gasteiger charge is 2.31. The third-order valence-corrected chi connectivity index (χ3v) is 4.99. The first-order valence-corrected chi connectivity index (χ1v) is 9.26. The predicted molar refractivity (Wildman–Crippen MR) is 102 cm³/mol. The summed E-state index contributed by atoms with van der Waals surface area (Å²) in [6, 6.07) is 5.05. The van der Waals surface area contributed by atoms with Gasteiger partial charge in [-0.15, -0.1) is 0 Å². The van der Waals surface area contributed by atoms with Crippen molar-refractivity contribution < 1.29 is 19.4 Å². The highest BCUT2D eigenvalue weighted by Crippen LogP contribution is 2.26. The number of methoxy groups -OCH3 is 2. The average Bonchev–Trinajstić information content (AvgIpc) is 2.64. The molecular weight excluding hydrogens is 356 g/mol. The zero-order valence-corrected chi connectivity index (χ0v) is 16.5. The van der Waals surface area contributed by atoms with Gasteiger partial charge < -0.3 is 24.4 Å². The zero-order valence-electron chi connectivity index (χ0n) is 15.8. The maximum atomic E-state index is 13.0. The Morgan fingerprint density at radius 3 is 2.69 bits per heavy atom. The number of amides is 1. The Kier molecular flexibility index (Phi) is 8.15. The summed E-state index contributed by atoms with van der Waals surface area (Å²) in [7, 11) is 5.29. The van der Waals surface area contributed by atoms with Crippen LogP contribution in [0, 0.1) is 11.8 Å². The van der Waals surface area contributed by atoms with Crippen molar-refractivity contribution in [3.63, 3.8) is 0 Å². The van der Waals surface area contributed by atoms with Crippen LogP contribution >= 0.6 is 11.6 Å². The largest absolute Gasteiger partial charge is 0.497 e. The second-order valence-corrected chi connectivity index (χ2v) is 7.43. The lowest BCUT2D eigenvalue weighted by Crippen LogP contribution is -2.47. The third-order valence-electron chi connectivity index (χ3n) is 4.77. The number of aliphatic hydroxyl groups excluding tert-OH is 1. The van der Waals surface area contributed by atoms with E-state index in [4.69, 9.17) is 21.1 Å². The van der Waals surface area contributed by atoms with Gasteiger partial charge in [0.15, 0.2) is 0 Å². The molecule has 0 saturated carbocycles. The van der Waals surface area contributed by atoms with E-state index >= 15 is 0 Å². The van der Waals surface area contributed by atoms with Gasteiger partial charge in [-0.05, 0) is 43.5 Å². The molecule has 0 spiro atoms. The van der Waals surface area contributed by atoms with Crippen LogP contribution in [0.5, 0.6) is 5.75 Å². The summed E-state index contributed by atoms with van der Waals surface area (Å²) < 4.78 is 10.3. The lowest BCUT2D eigenvalue weighted by atomic mass is 9.89. The van der Waals surface area contributed by atoms with E-state index in [0.29, 0.717) is 41.9 Å². The maximum absolute atomic E-state index is 13.0. The number of carbonyl (C=O) groups excluding carboxylic acids is 1. The molecule has 1 N–H and O–H groups in total. The number of hydrogen-bond acceptors (Lipinski definition) is 5. The quantitative estimate of drug-likeness (QED) is 0.742. The van der Waals surface area contributed by atoms with Gasteiger partial charge in [0.25, 0.3) is 5.91 Å². The summed E-state index contributed by atoms with van der Waals surface area (Å²) in [6.07, 6.45) is 0.913. The van der Waals surface area contributed by atoms with Crippen LogP contribution in [0.3, 0.4) is 0 Å². The Bertz CT molecular complexity index is 599.